The summed E-state index contributed by atoms with van der Waals surface area (Å²) in [7, 11) is 0. The second-order valence-electron chi connectivity index (χ2n) is 5.28. The Labute approximate surface area is 134 Å². The van der Waals surface area contributed by atoms with Crippen LogP contribution < -0.4 is 4.74 Å². The highest BCUT2D eigenvalue weighted by molar-refractivity contribution is 7.10. The highest BCUT2D eigenvalue weighted by atomic mass is 32.1. The van der Waals surface area contributed by atoms with Crippen LogP contribution in [0, 0.1) is 0 Å². The van der Waals surface area contributed by atoms with Crippen LogP contribution in [-0.4, -0.2) is 17.9 Å². The summed E-state index contributed by atoms with van der Waals surface area (Å²) in [6.07, 6.45) is 5.43. The molecule has 1 aliphatic heterocycles. The van der Waals surface area contributed by atoms with Gasteiger partial charge in [0.15, 0.2) is 0 Å². The zero-order chi connectivity index (χ0) is 15.4. The van der Waals surface area contributed by atoms with Crippen molar-refractivity contribution in [1.29, 1.82) is 0 Å². The second kappa shape index (κ2) is 6.46. The number of rotatable bonds is 6. The Morgan fingerprint density at radius 3 is 2.82 bits per heavy atom. The standard InChI is InChI=1S/C18H19NO2S/c1-2-18(20,17-10-6-12-22-17)13-21-16-9-4-3-7-14(16)15-8-5-11-19-15/h3-4,6-12,20H,2,5,13H2,1H3. The maximum absolute atomic E-state index is 10.8. The highest BCUT2D eigenvalue weighted by Crippen LogP contribution is 2.33. The average molecular weight is 313 g/mol. The van der Waals surface area contributed by atoms with E-state index in [0.29, 0.717) is 6.42 Å². The van der Waals surface area contributed by atoms with Crippen LogP contribution in [0.5, 0.6) is 5.75 Å². The van der Waals surface area contributed by atoms with Crippen molar-refractivity contribution in [2.45, 2.75) is 25.4 Å². The van der Waals surface area contributed by atoms with Crippen molar-refractivity contribution < 1.29 is 9.84 Å². The first-order valence-corrected chi connectivity index (χ1v) is 8.32. The number of hydrogen-bond donors (Lipinski definition) is 1. The molecule has 0 bridgehead atoms. The molecule has 0 radical (unpaired) electrons. The minimum Gasteiger partial charge on any atom is -0.489 e. The van der Waals surface area contributed by atoms with Gasteiger partial charge >= 0.3 is 0 Å². The van der Waals surface area contributed by atoms with Gasteiger partial charge in [-0.25, -0.2) is 0 Å². The van der Waals surface area contributed by atoms with E-state index >= 15 is 0 Å². The van der Waals surface area contributed by atoms with Crippen LogP contribution in [-0.2, 0) is 5.60 Å². The molecular weight excluding hydrogens is 294 g/mol. The van der Waals surface area contributed by atoms with Gasteiger partial charge in [0.05, 0.1) is 5.70 Å². The summed E-state index contributed by atoms with van der Waals surface area (Å²) in [6, 6.07) is 11.7. The number of hydrogen-bond acceptors (Lipinski definition) is 4. The molecule has 1 atom stereocenters. The highest BCUT2D eigenvalue weighted by Gasteiger charge is 2.29. The molecule has 0 saturated carbocycles. The van der Waals surface area contributed by atoms with Gasteiger partial charge in [-0.1, -0.05) is 31.2 Å². The molecule has 0 aliphatic carbocycles. The smallest absolute Gasteiger partial charge is 0.132 e. The molecule has 22 heavy (non-hydrogen) atoms. The Bertz CT molecular complexity index is 691. The van der Waals surface area contributed by atoms with E-state index in [1.807, 2.05) is 54.9 Å². The molecule has 1 aromatic heterocycles. The van der Waals surface area contributed by atoms with Gasteiger partial charge in [0, 0.05) is 23.1 Å². The Balaban J connectivity index is 1.81. The van der Waals surface area contributed by atoms with Gasteiger partial charge < -0.3 is 9.84 Å². The number of benzene rings is 1. The van der Waals surface area contributed by atoms with Crippen molar-refractivity contribution in [2.75, 3.05) is 6.61 Å². The minimum absolute atomic E-state index is 0.234. The van der Waals surface area contributed by atoms with Gasteiger partial charge in [-0.05, 0) is 30.0 Å². The minimum atomic E-state index is -0.950. The molecule has 2 heterocycles. The summed E-state index contributed by atoms with van der Waals surface area (Å²) in [6.45, 7) is 2.21. The first-order valence-electron chi connectivity index (χ1n) is 7.44. The van der Waals surface area contributed by atoms with Gasteiger partial charge in [0.25, 0.3) is 0 Å². The van der Waals surface area contributed by atoms with Crippen molar-refractivity contribution in [3.8, 4) is 5.75 Å². The second-order valence-corrected chi connectivity index (χ2v) is 6.23. The number of aliphatic imine (C=N–C) groups is 1. The van der Waals surface area contributed by atoms with Crippen molar-refractivity contribution in [3.05, 3.63) is 58.3 Å². The molecule has 114 valence electrons. The van der Waals surface area contributed by atoms with Crippen LogP contribution in [0.25, 0.3) is 5.70 Å². The van der Waals surface area contributed by atoms with E-state index in [-0.39, 0.29) is 6.61 Å². The van der Waals surface area contributed by atoms with Crippen molar-refractivity contribution in [1.82, 2.24) is 0 Å². The number of aliphatic hydroxyl groups is 1. The third kappa shape index (κ3) is 2.98. The maximum atomic E-state index is 10.8. The fourth-order valence-electron chi connectivity index (χ4n) is 2.44. The quantitative estimate of drug-likeness (QED) is 0.866. The predicted octanol–water partition coefficient (Wildman–Crippen LogP) is 4.24. The van der Waals surface area contributed by atoms with Crippen LogP contribution in [0.3, 0.4) is 0 Å². The Morgan fingerprint density at radius 1 is 1.27 bits per heavy atom. The van der Waals surface area contributed by atoms with Gasteiger partial charge in [-0.3, -0.25) is 4.99 Å². The zero-order valence-corrected chi connectivity index (χ0v) is 13.3. The van der Waals surface area contributed by atoms with E-state index in [1.54, 1.807) is 11.3 Å². The van der Waals surface area contributed by atoms with E-state index in [9.17, 15) is 5.11 Å². The Morgan fingerprint density at radius 2 is 2.14 bits per heavy atom. The van der Waals surface area contributed by atoms with Gasteiger partial charge in [-0.2, -0.15) is 0 Å². The van der Waals surface area contributed by atoms with E-state index in [2.05, 4.69) is 11.1 Å². The molecule has 1 unspecified atom stereocenters. The van der Waals surface area contributed by atoms with E-state index in [1.165, 1.54) is 0 Å². The summed E-state index contributed by atoms with van der Waals surface area (Å²) < 4.78 is 5.97. The molecular formula is C18H19NO2S. The molecule has 3 rings (SSSR count). The lowest BCUT2D eigenvalue weighted by Crippen LogP contribution is -2.31. The Hall–Kier alpha value is -1.91. The number of nitrogens with zero attached hydrogens (tertiary/aromatic N) is 1. The molecule has 4 heteroatoms. The van der Waals surface area contributed by atoms with Crippen LogP contribution in [0.15, 0.2) is 52.8 Å². The molecule has 1 aromatic carbocycles. The third-order valence-corrected chi connectivity index (χ3v) is 4.90. The number of ether oxygens (including phenoxy) is 1. The SMILES string of the molecule is CCC(O)(COc1ccccc1C1=CCC=N1)c1cccs1. The van der Waals surface area contributed by atoms with E-state index in [4.69, 9.17) is 4.74 Å². The lowest BCUT2D eigenvalue weighted by atomic mass is 10.00. The van der Waals surface area contributed by atoms with E-state index < -0.39 is 5.60 Å². The molecule has 3 nitrogen and oxygen atoms in total. The molecule has 1 aliphatic rings. The van der Waals surface area contributed by atoms with Crippen LogP contribution >= 0.6 is 11.3 Å². The lowest BCUT2D eigenvalue weighted by molar-refractivity contribution is -0.00988. The molecule has 0 saturated heterocycles. The van der Waals surface area contributed by atoms with Crippen molar-refractivity contribution in [3.63, 3.8) is 0 Å². The van der Waals surface area contributed by atoms with Crippen molar-refractivity contribution in [2.24, 2.45) is 4.99 Å². The van der Waals surface area contributed by atoms with Gasteiger partial charge in [-0.15, -0.1) is 11.3 Å². The summed E-state index contributed by atoms with van der Waals surface area (Å²) in [4.78, 5) is 5.31. The maximum Gasteiger partial charge on any atom is 0.132 e. The summed E-state index contributed by atoms with van der Waals surface area (Å²) in [5.74, 6) is 0.760. The van der Waals surface area contributed by atoms with E-state index in [0.717, 1.165) is 28.3 Å². The summed E-state index contributed by atoms with van der Waals surface area (Å²) >= 11 is 1.55. The lowest BCUT2D eigenvalue weighted by Gasteiger charge is -2.26. The van der Waals surface area contributed by atoms with Gasteiger partial charge in [0.2, 0.25) is 0 Å². The fourth-order valence-corrected chi connectivity index (χ4v) is 3.32. The molecule has 0 spiro atoms. The summed E-state index contributed by atoms with van der Waals surface area (Å²) in [5.41, 5.74) is 0.960. The first kappa shape index (κ1) is 15.0. The average Bonchev–Trinajstić information content (AvgIpc) is 3.26. The predicted molar refractivity (Wildman–Crippen MR) is 91.5 cm³/mol. The molecule has 0 fully saturated rings. The topological polar surface area (TPSA) is 41.8 Å². The number of thiophene rings is 1. The monoisotopic (exact) mass is 313 g/mol. The number of para-hydroxylation sites is 1. The van der Waals surface area contributed by atoms with Crippen LogP contribution in [0.4, 0.5) is 0 Å². The molecule has 0 amide bonds. The Kier molecular flexibility index (Phi) is 4.41. The third-order valence-electron chi connectivity index (χ3n) is 3.84. The fraction of sp³-hybridized carbons (Fsp3) is 0.278. The molecule has 2 aromatic rings. The zero-order valence-electron chi connectivity index (χ0n) is 12.5. The van der Waals surface area contributed by atoms with Gasteiger partial charge in [0.1, 0.15) is 18.0 Å². The largest absolute Gasteiger partial charge is 0.489 e. The number of allylic oxidation sites excluding steroid dienone is 1. The van der Waals surface area contributed by atoms with Crippen LogP contribution in [0.2, 0.25) is 0 Å². The summed E-state index contributed by atoms with van der Waals surface area (Å²) in [5, 5.41) is 12.8. The normalized spacial score (nSPS) is 16.4. The van der Waals surface area contributed by atoms with Crippen molar-refractivity contribution >= 4 is 23.2 Å². The molecule has 1 N–H and O–H groups in total. The van der Waals surface area contributed by atoms with Crippen LogP contribution in [0.1, 0.15) is 30.2 Å². The first-order chi connectivity index (χ1) is 10.7.